The second-order valence-electron chi connectivity index (χ2n) is 5.51. The van der Waals surface area contributed by atoms with Crippen molar-refractivity contribution in [1.82, 2.24) is 0 Å². The molecule has 1 aromatic carbocycles. The van der Waals surface area contributed by atoms with Crippen LogP contribution in [0.15, 0.2) is 28.7 Å². The minimum absolute atomic E-state index is 0.839. The van der Waals surface area contributed by atoms with Crippen molar-refractivity contribution in [3.05, 3.63) is 28.7 Å². The zero-order chi connectivity index (χ0) is 15.9. The Balaban J connectivity index is 0.000000423. The van der Waals surface area contributed by atoms with E-state index in [0.717, 1.165) is 4.47 Å². The molecule has 3 heteroatoms. The van der Waals surface area contributed by atoms with E-state index in [1.807, 2.05) is 24.3 Å². The summed E-state index contributed by atoms with van der Waals surface area (Å²) in [5, 5.41) is 0. The van der Waals surface area contributed by atoms with E-state index >= 15 is 0 Å². The molecule has 2 radical (unpaired) electrons. The van der Waals surface area contributed by atoms with E-state index in [9.17, 15) is 0 Å². The quantitative estimate of drug-likeness (QED) is 0.341. The van der Waals surface area contributed by atoms with E-state index in [1.165, 1.54) is 43.0 Å². The maximum absolute atomic E-state index is 3.33. The normalized spacial score (nSPS) is 10.3. The Hall–Kier alpha value is 1.02. The van der Waals surface area contributed by atoms with E-state index in [4.69, 9.17) is 0 Å². The Morgan fingerprint density at radius 1 is 0.810 bits per heavy atom. The van der Waals surface area contributed by atoms with Crippen molar-refractivity contribution in [3.8, 4) is 0 Å². The van der Waals surface area contributed by atoms with Crippen LogP contribution in [0.3, 0.4) is 0 Å². The van der Waals surface area contributed by atoms with Crippen molar-refractivity contribution in [2.75, 3.05) is 0 Å². The third-order valence-corrected chi connectivity index (χ3v) is 13.6. The topological polar surface area (TPSA) is 0 Å². The van der Waals surface area contributed by atoms with Gasteiger partial charge in [0.2, 0.25) is 0 Å². The number of halogens is 1. The summed E-state index contributed by atoms with van der Waals surface area (Å²) in [6.45, 7) is 7.00. The van der Waals surface area contributed by atoms with E-state index in [0.29, 0.717) is 0 Å². The summed E-state index contributed by atoms with van der Waals surface area (Å²) < 4.78 is 7.33. The zero-order valence-corrected chi connectivity index (χ0v) is 20.1. The van der Waals surface area contributed by atoms with Gasteiger partial charge in [0.25, 0.3) is 0 Å². The van der Waals surface area contributed by atoms with Gasteiger partial charge in [0.1, 0.15) is 0 Å². The van der Waals surface area contributed by atoms with E-state index in [1.54, 1.807) is 13.3 Å². The van der Waals surface area contributed by atoms with E-state index < -0.39 is 19.8 Å². The van der Waals surface area contributed by atoms with Crippen LogP contribution in [0.5, 0.6) is 0 Å². The molecule has 1 aromatic rings. The van der Waals surface area contributed by atoms with Crippen LogP contribution in [-0.4, -0.2) is 35.8 Å². The number of unbranched alkanes of at least 4 members (excludes halogenated alkanes) is 3. The fraction of sp³-hybridized carbons (Fsp3) is 0.667. The van der Waals surface area contributed by atoms with Gasteiger partial charge in [-0.05, 0) is 0 Å². The molecule has 21 heavy (non-hydrogen) atoms. The van der Waals surface area contributed by atoms with E-state index in [2.05, 4.69) is 52.7 Å². The van der Waals surface area contributed by atoms with Crippen molar-refractivity contribution >= 4 is 56.2 Å². The molecule has 0 bridgehead atoms. The fourth-order valence-electron chi connectivity index (χ4n) is 2.09. The summed E-state index contributed by atoms with van der Waals surface area (Å²) in [5.41, 5.74) is 0. The predicted octanol–water partition coefficient (Wildman–Crippen LogP) is 6.12. The fourth-order valence-corrected chi connectivity index (χ4v) is 12.1. The summed E-state index contributed by atoms with van der Waals surface area (Å²) in [6.07, 6.45) is 8.85. The first-order valence-electron chi connectivity index (χ1n) is 8.40. The molecule has 120 valence electrons. The van der Waals surface area contributed by atoms with E-state index in [-0.39, 0.29) is 0 Å². The van der Waals surface area contributed by atoms with Crippen molar-refractivity contribution < 1.29 is 0 Å². The van der Waals surface area contributed by atoms with Gasteiger partial charge < -0.3 is 0 Å². The van der Waals surface area contributed by atoms with Gasteiger partial charge in [-0.15, -0.1) is 0 Å². The number of hydrogen-bond acceptors (Lipinski definition) is 0. The molecule has 0 unspecified atom stereocenters. The zero-order valence-electron chi connectivity index (χ0n) is 14.0. The average Bonchev–Trinajstić information content (AvgIpc) is 2.50. The molecule has 0 N–H and O–H groups in total. The Morgan fingerprint density at radius 3 is 1.48 bits per heavy atom. The van der Waals surface area contributed by atoms with Gasteiger partial charge in [0, 0.05) is 0 Å². The monoisotopic (exact) mass is 526 g/mol. The molecule has 0 saturated heterocycles. The first kappa shape index (κ1) is 22.0. The van der Waals surface area contributed by atoms with Gasteiger partial charge in [0.15, 0.2) is 0 Å². The van der Waals surface area contributed by atoms with Gasteiger partial charge in [-0.2, -0.15) is 0 Å². The maximum atomic E-state index is 3.33. The summed E-state index contributed by atoms with van der Waals surface area (Å²) in [4.78, 5) is 0. The van der Waals surface area contributed by atoms with Crippen LogP contribution in [0.1, 0.15) is 59.3 Å². The molecule has 0 amide bonds. The molecule has 0 aliphatic heterocycles. The van der Waals surface area contributed by atoms with Crippen molar-refractivity contribution in [1.29, 1.82) is 0 Å². The summed E-state index contributed by atoms with van der Waals surface area (Å²) >= 11 is 5.40. The van der Waals surface area contributed by atoms with Crippen molar-refractivity contribution in [3.63, 3.8) is 0 Å². The molecule has 0 atom stereocenters. The summed E-state index contributed by atoms with van der Waals surface area (Å²) in [5.74, 6) is 0. The Bertz CT molecular complexity index is 286. The molecule has 0 aromatic heterocycles. The second kappa shape index (κ2) is 15.9. The third kappa shape index (κ3) is 14.3. The molecule has 0 saturated carbocycles. The number of hydrogen-bond donors (Lipinski definition) is 0. The molecule has 0 fully saturated rings. The molecule has 1 rings (SSSR count). The average molecular weight is 525 g/mol. The summed E-state index contributed by atoms with van der Waals surface area (Å²) in [7, 11) is 0. The molecule has 0 spiro atoms. The second-order valence-corrected chi connectivity index (χ2v) is 16.0. The molecular weight excluding hydrogens is 494 g/mol. The van der Waals surface area contributed by atoms with Gasteiger partial charge in [0.05, 0.1) is 0 Å². The molecule has 0 nitrogen and oxygen atoms in total. The molecule has 0 aliphatic rings. The van der Waals surface area contributed by atoms with Crippen LogP contribution < -0.4 is 4.46 Å². The van der Waals surface area contributed by atoms with Gasteiger partial charge in [-0.3, -0.25) is 0 Å². The van der Waals surface area contributed by atoms with Crippen LogP contribution in [0.25, 0.3) is 0 Å². The van der Waals surface area contributed by atoms with Crippen LogP contribution in [-0.2, 0) is 0 Å². The SMILES string of the molecule is CCC[CH2][Sn]([CH2]CCC)[CH2]CCC.[Se]c1ccc(Br)cc1. The van der Waals surface area contributed by atoms with Crippen LogP contribution in [0, 0.1) is 0 Å². The first-order valence-corrected chi connectivity index (χ1v) is 16.1. The van der Waals surface area contributed by atoms with Crippen molar-refractivity contribution in [2.24, 2.45) is 0 Å². The third-order valence-electron chi connectivity index (χ3n) is 3.47. The number of rotatable bonds is 9. The number of benzene rings is 1. The summed E-state index contributed by atoms with van der Waals surface area (Å²) in [6, 6.07) is 8.05. The van der Waals surface area contributed by atoms with Crippen molar-refractivity contribution in [2.45, 2.75) is 72.6 Å². The van der Waals surface area contributed by atoms with Crippen LogP contribution >= 0.6 is 15.9 Å². The predicted molar refractivity (Wildman–Crippen MR) is 104 cm³/mol. The molecule has 0 aliphatic carbocycles. The first-order chi connectivity index (χ1) is 10.1. The molecule has 0 heterocycles. The Labute approximate surface area is 156 Å². The standard InChI is InChI=1S/C6H4BrSe.3C4H9.Sn/c7-5-1-3-6(8)4-2-5;3*1-3-4-2;/h1-4H;3*1,3-4H2,2H3;. The molecular formula is C18H31BrSeSn. The van der Waals surface area contributed by atoms with Gasteiger partial charge >= 0.3 is 158 Å². The Morgan fingerprint density at radius 2 is 1.19 bits per heavy atom. The van der Waals surface area contributed by atoms with Gasteiger partial charge in [-0.25, -0.2) is 0 Å². The van der Waals surface area contributed by atoms with Gasteiger partial charge in [-0.1, -0.05) is 0 Å². The Kier molecular flexibility index (Phi) is 16.7. The van der Waals surface area contributed by atoms with Crippen LogP contribution in [0.4, 0.5) is 0 Å². The minimum atomic E-state index is -0.839. The van der Waals surface area contributed by atoms with Crippen LogP contribution in [0.2, 0.25) is 13.3 Å².